The zero-order chi connectivity index (χ0) is 12.1. The number of pyridine rings is 1. The molecule has 16 heavy (non-hydrogen) atoms. The second kappa shape index (κ2) is 5.70. The van der Waals surface area contributed by atoms with Crippen molar-refractivity contribution in [3.05, 3.63) is 27.7 Å². The van der Waals surface area contributed by atoms with Crippen LogP contribution < -0.4 is 10.7 Å². The summed E-state index contributed by atoms with van der Waals surface area (Å²) < 4.78 is 1.84. The molecule has 0 aromatic carbocycles. The highest BCUT2D eigenvalue weighted by Crippen LogP contribution is 2.12. The number of aryl methyl sites for hydroxylation is 1. The standard InChI is InChI=1S/C12H20N2O2/c1-4-5-6-13-8-10-12(16)11(15)7-9(2)14(10)3/h7,13,16H,4-6,8H2,1-3H3. The van der Waals surface area contributed by atoms with Crippen LogP contribution in [0.4, 0.5) is 0 Å². The second-order valence-electron chi connectivity index (χ2n) is 4.03. The number of hydrogen-bond donors (Lipinski definition) is 2. The molecule has 0 bridgehead atoms. The van der Waals surface area contributed by atoms with Gasteiger partial charge < -0.3 is 15.0 Å². The molecule has 0 saturated heterocycles. The summed E-state index contributed by atoms with van der Waals surface area (Å²) in [5, 5.41) is 12.9. The van der Waals surface area contributed by atoms with E-state index in [1.165, 1.54) is 6.07 Å². The minimum Gasteiger partial charge on any atom is -0.503 e. The van der Waals surface area contributed by atoms with Gasteiger partial charge in [-0.05, 0) is 19.9 Å². The first kappa shape index (κ1) is 12.8. The predicted molar refractivity (Wildman–Crippen MR) is 64.7 cm³/mol. The number of aromatic nitrogens is 1. The maximum absolute atomic E-state index is 11.4. The van der Waals surface area contributed by atoms with Crippen LogP contribution in [-0.2, 0) is 13.6 Å². The van der Waals surface area contributed by atoms with Crippen LogP contribution in [0.5, 0.6) is 5.75 Å². The first-order chi connectivity index (χ1) is 7.57. The van der Waals surface area contributed by atoms with Crippen LogP contribution in [0.25, 0.3) is 0 Å². The quantitative estimate of drug-likeness (QED) is 0.741. The van der Waals surface area contributed by atoms with E-state index >= 15 is 0 Å². The second-order valence-corrected chi connectivity index (χ2v) is 4.03. The van der Waals surface area contributed by atoms with Gasteiger partial charge in [0.05, 0.1) is 5.69 Å². The summed E-state index contributed by atoms with van der Waals surface area (Å²) in [6, 6.07) is 1.45. The van der Waals surface area contributed by atoms with E-state index < -0.39 is 0 Å². The maximum atomic E-state index is 11.4. The minimum absolute atomic E-state index is 0.142. The van der Waals surface area contributed by atoms with Crippen molar-refractivity contribution in [2.24, 2.45) is 7.05 Å². The van der Waals surface area contributed by atoms with Crippen LogP contribution in [0.2, 0.25) is 0 Å². The fourth-order valence-corrected chi connectivity index (χ4v) is 1.58. The molecular weight excluding hydrogens is 204 g/mol. The molecule has 4 nitrogen and oxygen atoms in total. The summed E-state index contributed by atoms with van der Waals surface area (Å²) in [4.78, 5) is 11.4. The van der Waals surface area contributed by atoms with Crippen LogP contribution in [0, 0.1) is 6.92 Å². The summed E-state index contributed by atoms with van der Waals surface area (Å²) in [6.45, 7) is 5.41. The van der Waals surface area contributed by atoms with Crippen molar-refractivity contribution in [2.75, 3.05) is 6.54 Å². The third-order valence-electron chi connectivity index (χ3n) is 2.78. The molecule has 1 aromatic heterocycles. The van der Waals surface area contributed by atoms with E-state index in [4.69, 9.17) is 0 Å². The lowest BCUT2D eigenvalue weighted by molar-refractivity contribution is 0.445. The highest BCUT2D eigenvalue weighted by molar-refractivity contribution is 5.29. The van der Waals surface area contributed by atoms with Gasteiger partial charge in [0.2, 0.25) is 5.43 Å². The van der Waals surface area contributed by atoms with Gasteiger partial charge in [-0.15, -0.1) is 0 Å². The lowest BCUT2D eigenvalue weighted by Gasteiger charge is -2.13. The highest BCUT2D eigenvalue weighted by atomic mass is 16.3. The molecule has 1 aromatic rings. The van der Waals surface area contributed by atoms with Crippen molar-refractivity contribution >= 4 is 0 Å². The predicted octanol–water partition coefficient (Wildman–Crippen LogP) is 1.29. The van der Waals surface area contributed by atoms with Crippen LogP contribution in [0.3, 0.4) is 0 Å². The molecule has 0 aliphatic rings. The summed E-state index contributed by atoms with van der Waals surface area (Å²) in [7, 11) is 1.85. The summed E-state index contributed by atoms with van der Waals surface area (Å²) in [6.07, 6.45) is 2.23. The molecule has 0 saturated carbocycles. The Morgan fingerprint density at radius 3 is 2.81 bits per heavy atom. The topological polar surface area (TPSA) is 54.3 Å². The number of hydrogen-bond acceptors (Lipinski definition) is 3. The average molecular weight is 224 g/mol. The Balaban J connectivity index is 2.82. The molecule has 1 rings (SSSR count). The lowest BCUT2D eigenvalue weighted by Crippen LogP contribution is -2.21. The smallest absolute Gasteiger partial charge is 0.223 e. The molecule has 0 atom stereocenters. The van der Waals surface area contributed by atoms with E-state index in [0.717, 1.165) is 25.1 Å². The molecule has 4 heteroatoms. The molecule has 0 aliphatic carbocycles. The van der Waals surface area contributed by atoms with Crippen molar-refractivity contribution in [2.45, 2.75) is 33.2 Å². The number of unbranched alkanes of at least 4 members (excludes halogenated alkanes) is 1. The van der Waals surface area contributed by atoms with E-state index in [1.807, 2.05) is 18.5 Å². The molecule has 0 radical (unpaired) electrons. The molecule has 0 amide bonds. The van der Waals surface area contributed by atoms with Gasteiger partial charge in [0, 0.05) is 25.4 Å². The van der Waals surface area contributed by atoms with Gasteiger partial charge in [-0.2, -0.15) is 0 Å². The Hall–Kier alpha value is -1.29. The fourth-order valence-electron chi connectivity index (χ4n) is 1.58. The van der Waals surface area contributed by atoms with Crippen molar-refractivity contribution in [1.82, 2.24) is 9.88 Å². The minimum atomic E-state index is -0.303. The number of rotatable bonds is 5. The summed E-state index contributed by atoms with van der Waals surface area (Å²) in [5.41, 5.74) is 1.21. The monoisotopic (exact) mass is 224 g/mol. The first-order valence-corrected chi connectivity index (χ1v) is 5.67. The Labute approximate surface area is 95.9 Å². The SMILES string of the molecule is CCCCNCc1c(O)c(=O)cc(C)n1C. The largest absolute Gasteiger partial charge is 0.503 e. The summed E-state index contributed by atoms with van der Waals surface area (Å²) >= 11 is 0. The lowest BCUT2D eigenvalue weighted by atomic mass is 10.2. The third kappa shape index (κ3) is 2.85. The van der Waals surface area contributed by atoms with Gasteiger partial charge in [0.1, 0.15) is 0 Å². The highest BCUT2D eigenvalue weighted by Gasteiger charge is 2.09. The Morgan fingerprint density at radius 1 is 1.50 bits per heavy atom. The van der Waals surface area contributed by atoms with Gasteiger partial charge in [-0.3, -0.25) is 4.79 Å². The maximum Gasteiger partial charge on any atom is 0.223 e. The van der Waals surface area contributed by atoms with E-state index in [9.17, 15) is 9.90 Å². The van der Waals surface area contributed by atoms with Crippen LogP contribution in [0.1, 0.15) is 31.2 Å². The van der Waals surface area contributed by atoms with Crippen molar-refractivity contribution in [3.8, 4) is 5.75 Å². The van der Waals surface area contributed by atoms with Crippen LogP contribution in [-0.4, -0.2) is 16.2 Å². The molecule has 2 N–H and O–H groups in total. The Morgan fingerprint density at radius 2 is 2.19 bits per heavy atom. The third-order valence-corrected chi connectivity index (χ3v) is 2.78. The van der Waals surface area contributed by atoms with Crippen molar-refractivity contribution < 1.29 is 5.11 Å². The molecule has 0 fully saturated rings. The van der Waals surface area contributed by atoms with E-state index in [2.05, 4.69) is 12.2 Å². The first-order valence-electron chi connectivity index (χ1n) is 5.67. The van der Waals surface area contributed by atoms with Crippen LogP contribution >= 0.6 is 0 Å². The molecule has 0 unspecified atom stereocenters. The van der Waals surface area contributed by atoms with E-state index in [0.29, 0.717) is 12.2 Å². The van der Waals surface area contributed by atoms with E-state index in [-0.39, 0.29) is 11.2 Å². The zero-order valence-corrected chi connectivity index (χ0v) is 10.2. The van der Waals surface area contributed by atoms with Gasteiger partial charge in [-0.1, -0.05) is 13.3 Å². The Bertz CT molecular complexity index is 410. The Kier molecular flexibility index (Phi) is 4.55. The molecular formula is C12H20N2O2. The zero-order valence-electron chi connectivity index (χ0n) is 10.2. The molecule has 90 valence electrons. The average Bonchev–Trinajstić information content (AvgIpc) is 2.25. The van der Waals surface area contributed by atoms with Gasteiger partial charge in [0.15, 0.2) is 5.75 Å². The molecule has 0 aliphatic heterocycles. The number of nitrogens with zero attached hydrogens (tertiary/aromatic N) is 1. The molecule has 1 heterocycles. The van der Waals surface area contributed by atoms with Gasteiger partial charge >= 0.3 is 0 Å². The van der Waals surface area contributed by atoms with Crippen LogP contribution in [0.15, 0.2) is 10.9 Å². The normalized spacial score (nSPS) is 10.7. The van der Waals surface area contributed by atoms with Gasteiger partial charge in [-0.25, -0.2) is 0 Å². The van der Waals surface area contributed by atoms with Gasteiger partial charge in [0.25, 0.3) is 0 Å². The number of aromatic hydroxyl groups is 1. The fraction of sp³-hybridized carbons (Fsp3) is 0.583. The number of nitrogens with one attached hydrogen (secondary N) is 1. The molecule has 0 spiro atoms. The van der Waals surface area contributed by atoms with Crippen molar-refractivity contribution in [3.63, 3.8) is 0 Å². The van der Waals surface area contributed by atoms with Crippen molar-refractivity contribution in [1.29, 1.82) is 0 Å². The van der Waals surface area contributed by atoms with E-state index in [1.54, 1.807) is 0 Å². The summed E-state index contributed by atoms with van der Waals surface area (Å²) in [5.74, 6) is -0.142.